The number of fused-ring (bicyclic) bond motifs is 7. The van der Waals surface area contributed by atoms with Crippen LogP contribution in [-0.4, -0.2) is 4.40 Å². The largest absolute Gasteiger partial charge is 0.456 e. The maximum atomic E-state index is 6.73. The third-order valence-electron chi connectivity index (χ3n) is 9.72. The molecular weight excluding hydrogens is 597 g/mol. The summed E-state index contributed by atoms with van der Waals surface area (Å²) in [5.74, 6) is 0. The molecule has 0 spiro atoms. The Hall–Kier alpha value is -6.58. The zero-order valence-electron chi connectivity index (χ0n) is 26.6. The van der Waals surface area contributed by atoms with E-state index in [-0.39, 0.29) is 0 Å². The quantitative estimate of drug-likeness (QED) is 0.189. The molecule has 0 aliphatic heterocycles. The number of nitrogens with zero attached hydrogens (tertiary/aromatic N) is 2. The molecule has 10 aromatic rings. The van der Waals surface area contributed by atoms with Crippen molar-refractivity contribution >= 4 is 66.2 Å². The van der Waals surface area contributed by atoms with Crippen LogP contribution in [0.15, 0.2) is 186 Å². The van der Waals surface area contributed by atoms with E-state index in [0.717, 1.165) is 50.3 Å². The van der Waals surface area contributed by atoms with Crippen molar-refractivity contribution in [1.82, 2.24) is 4.40 Å². The molecular formula is C46H30N2O. The molecule has 3 heterocycles. The molecule has 0 bridgehead atoms. The third-order valence-corrected chi connectivity index (χ3v) is 9.72. The van der Waals surface area contributed by atoms with Gasteiger partial charge in [-0.1, -0.05) is 115 Å². The molecule has 0 N–H and O–H groups in total. The number of aromatic nitrogens is 1. The molecule has 0 radical (unpaired) electrons. The molecule has 49 heavy (non-hydrogen) atoms. The molecule has 3 nitrogen and oxygen atoms in total. The van der Waals surface area contributed by atoms with Crippen LogP contribution in [0, 0.1) is 0 Å². The van der Waals surface area contributed by atoms with Crippen LogP contribution < -0.4 is 4.90 Å². The molecule has 0 saturated heterocycles. The lowest BCUT2D eigenvalue weighted by Gasteiger charge is -2.25. The van der Waals surface area contributed by atoms with Gasteiger partial charge in [-0.25, -0.2) is 0 Å². The van der Waals surface area contributed by atoms with Crippen LogP contribution in [0.1, 0.15) is 0 Å². The topological polar surface area (TPSA) is 20.8 Å². The van der Waals surface area contributed by atoms with E-state index in [1.54, 1.807) is 0 Å². The predicted octanol–water partition coefficient (Wildman–Crippen LogP) is 12.9. The minimum absolute atomic E-state index is 0.863. The molecule has 10 rings (SSSR count). The maximum Gasteiger partial charge on any atom is 0.137 e. The Balaban J connectivity index is 1.20. The maximum absolute atomic E-state index is 6.73. The van der Waals surface area contributed by atoms with Gasteiger partial charge in [0.2, 0.25) is 0 Å². The number of furan rings is 1. The summed E-state index contributed by atoms with van der Waals surface area (Å²) in [6, 6.07) is 64.8. The summed E-state index contributed by atoms with van der Waals surface area (Å²) in [5, 5.41) is 5.86. The summed E-state index contributed by atoms with van der Waals surface area (Å²) in [4.78, 5) is 2.27. The summed E-state index contributed by atoms with van der Waals surface area (Å²) in [6.07, 6.45) is 0. The number of rotatable bonds is 5. The van der Waals surface area contributed by atoms with Gasteiger partial charge in [-0.15, -0.1) is 0 Å². The molecule has 0 aliphatic carbocycles. The number of pyridine rings is 1. The van der Waals surface area contributed by atoms with E-state index in [0.29, 0.717) is 0 Å². The number of para-hydroxylation sites is 3. The number of anilines is 3. The lowest BCUT2D eigenvalue weighted by molar-refractivity contribution is 0.669. The predicted molar refractivity (Wildman–Crippen MR) is 205 cm³/mol. The number of hydrogen-bond donors (Lipinski definition) is 0. The van der Waals surface area contributed by atoms with Crippen molar-refractivity contribution in [2.45, 2.75) is 0 Å². The van der Waals surface area contributed by atoms with Crippen molar-refractivity contribution in [3.8, 4) is 22.4 Å². The average molecular weight is 627 g/mol. The fourth-order valence-electron chi connectivity index (χ4n) is 7.59. The first kappa shape index (κ1) is 27.5. The Labute approximate surface area is 283 Å². The van der Waals surface area contributed by atoms with E-state index in [9.17, 15) is 0 Å². The number of hydrogen-bond acceptors (Lipinski definition) is 2. The Bertz CT molecular complexity index is 2770. The van der Waals surface area contributed by atoms with Crippen molar-refractivity contribution < 1.29 is 4.42 Å². The van der Waals surface area contributed by atoms with Gasteiger partial charge in [0.05, 0.1) is 16.7 Å². The molecule has 0 aliphatic rings. The minimum atomic E-state index is 0.863. The van der Waals surface area contributed by atoms with Crippen LogP contribution in [0.3, 0.4) is 0 Å². The van der Waals surface area contributed by atoms with Crippen LogP contribution in [-0.2, 0) is 0 Å². The van der Waals surface area contributed by atoms with Crippen LogP contribution in [0.4, 0.5) is 17.1 Å². The Kier molecular flexibility index (Phi) is 6.18. The van der Waals surface area contributed by atoms with Crippen molar-refractivity contribution in [1.29, 1.82) is 0 Å². The van der Waals surface area contributed by atoms with Crippen LogP contribution >= 0.6 is 0 Å². The molecule has 0 unspecified atom stereocenters. The van der Waals surface area contributed by atoms with E-state index in [4.69, 9.17) is 4.42 Å². The molecule has 7 aromatic carbocycles. The Morgan fingerprint density at radius 3 is 1.71 bits per heavy atom. The van der Waals surface area contributed by atoms with E-state index in [1.165, 1.54) is 38.3 Å². The fourth-order valence-corrected chi connectivity index (χ4v) is 7.59. The first-order valence-electron chi connectivity index (χ1n) is 16.7. The third kappa shape index (κ3) is 4.37. The Morgan fingerprint density at radius 2 is 0.980 bits per heavy atom. The second kappa shape index (κ2) is 11.0. The van der Waals surface area contributed by atoms with Crippen molar-refractivity contribution in [2.75, 3.05) is 4.90 Å². The van der Waals surface area contributed by atoms with Crippen molar-refractivity contribution in [3.05, 3.63) is 182 Å². The van der Waals surface area contributed by atoms with Gasteiger partial charge in [-0.2, -0.15) is 0 Å². The van der Waals surface area contributed by atoms with Gasteiger partial charge < -0.3 is 13.7 Å². The van der Waals surface area contributed by atoms with E-state index >= 15 is 0 Å². The summed E-state index contributed by atoms with van der Waals surface area (Å²) in [5.41, 5.74) is 12.1. The smallest absolute Gasteiger partial charge is 0.137 e. The van der Waals surface area contributed by atoms with Gasteiger partial charge in [0.1, 0.15) is 11.2 Å². The van der Waals surface area contributed by atoms with Gasteiger partial charge in [-0.3, -0.25) is 0 Å². The van der Waals surface area contributed by atoms with Gasteiger partial charge in [0.15, 0.2) is 0 Å². The lowest BCUT2D eigenvalue weighted by Crippen LogP contribution is -2.09. The molecule has 3 aromatic heterocycles. The highest BCUT2D eigenvalue weighted by Gasteiger charge is 2.20. The Morgan fingerprint density at radius 1 is 0.388 bits per heavy atom. The summed E-state index contributed by atoms with van der Waals surface area (Å²) in [6.45, 7) is 0. The van der Waals surface area contributed by atoms with E-state index < -0.39 is 0 Å². The first-order valence-corrected chi connectivity index (χ1v) is 16.7. The van der Waals surface area contributed by atoms with Gasteiger partial charge in [0, 0.05) is 55.8 Å². The lowest BCUT2D eigenvalue weighted by atomic mass is 9.99. The van der Waals surface area contributed by atoms with E-state index in [1.807, 2.05) is 0 Å². The van der Waals surface area contributed by atoms with Crippen molar-refractivity contribution in [3.63, 3.8) is 0 Å². The number of benzene rings is 7. The average Bonchev–Trinajstić information content (AvgIpc) is 3.70. The highest BCUT2D eigenvalue weighted by atomic mass is 16.3. The highest BCUT2D eigenvalue weighted by molar-refractivity contribution is 6.13. The molecule has 230 valence electrons. The van der Waals surface area contributed by atoms with Gasteiger partial charge >= 0.3 is 0 Å². The molecule has 0 atom stereocenters. The SMILES string of the molecule is c1ccc(-c2c3ccccc3n3c(-c4ccc5c(c4)oc4cc(N(c6ccccc6)c6ccccc6)ccc45)c4ccccc4cc23)cc1. The minimum Gasteiger partial charge on any atom is -0.456 e. The van der Waals surface area contributed by atoms with Crippen LogP contribution in [0.25, 0.3) is 71.5 Å². The standard InChI is InChI=1S/C46H30N2O/c1-4-14-31(15-5-1)45-40-22-12-13-23-41(40)48-42(45)28-32-16-10-11-21-37(32)46(48)33-24-26-38-39-27-25-36(30-44(39)49-43(38)29-33)47(34-17-6-2-7-18-34)35-19-8-3-9-20-35/h1-30H. The molecule has 0 fully saturated rings. The summed E-state index contributed by atoms with van der Waals surface area (Å²) >= 11 is 0. The van der Waals surface area contributed by atoms with Gasteiger partial charge in [-0.05, 0) is 71.6 Å². The molecule has 0 amide bonds. The second-order valence-electron chi connectivity index (χ2n) is 12.6. The zero-order valence-corrected chi connectivity index (χ0v) is 26.6. The van der Waals surface area contributed by atoms with Crippen LogP contribution in [0.2, 0.25) is 0 Å². The second-order valence-corrected chi connectivity index (χ2v) is 12.6. The fraction of sp³-hybridized carbons (Fsp3) is 0. The van der Waals surface area contributed by atoms with Gasteiger partial charge in [0.25, 0.3) is 0 Å². The zero-order chi connectivity index (χ0) is 32.3. The van der Waals surface area contributed by atoms with Crippen LogP contribution in [0.5, 0.6) is 0 Å². The monoisotopic (exact) mass is 626 g/mol. The molecule has 3 heteroatoms. The van der Waals surface area contributed by atoms with E-state index in [2.05, 4.69) is 191 Å². The summed E-state index contributed by atoms with van der Waals surface area (Å²) in [7, 11) is 0. The molecule has 0 saturated carbocycles. The van der Waals surface area contributed by atoms with Crippen molar-refractivity contribution in [2.24, 2.45) is 0 Å². The summed E-state index contributed by atoms with van der Waals surface area (Å²) < 4.78 is 9.17. The highest BCUT2D eigenvalue weighted by Crippen LogP contribution is 2.43. The first-order chi connectivity index (χ1) is 24.3. The normalized spacial score (nSPS) is 11.7.